The van der Waals surface area contributed by atoms with E-state index < -0.39 is 10.0 Å². The minimum Gasteiger partial charge on any atom is -0.389 e. The van der Waals surface area contributed by atoms with Crippen molar-refractivity contribution >= 4 is 32.9 Å². The summed E-state index contributed by atoms with van der Waals surface area (Å²) in [5.74, 6) is 0. The van der Waals surface area contributed by atoms with E-state index in [0.717, 1.165) is 0 Å². The van der Waals surface area contributed by atoms with Crippen molar-refractivity contribution in [3.8, 4) is 0 Å². The third-order valence-corrected chi connectivity index (χ3v) is 4.33. The maximum absolute atomic E-state index is 12.3. The molecule has 0 aliphatic rings. The van der Waals surface area contributed by atoms with Crippen molar-refractivity contribution in [3.05, 3.63) is 48.0 Å². The number of hydrogen-bond donors (Lipinski definition) is 2. The zero-order valence-electron chi connectivity index (χ0n) is 10.6. The smallest absolute Gasteiger partial charge is 0.262 e. The largest absolute Gasteiger partial charge is 0.389 e. The molecular formula is C12H12N4O2S2. The highest BCUT2D eigenvalue weighted by molar-refractivity contribution is 7.92. The van der Waals surface area contributed by atoms with Gasteiger partial charge in [0.15, 0.2) is 0 Å². The lowest BCUT2D eigenvalue weighted by Gasteiger charge is -2.11. The van der Waals surface area contributed by atoms with Gasteiger partial charge in [-0.2, -0.15) is 0 Å². The third kappa shape index (κ3) is 3.09. The Morgan fingerprint density at radius 3 is 2.55 bits per heavy atom. The molecular weight excluding hydrogens is 296 g/mol. The average Bonchev–Trinajstić information content (AvgIpc) is 2.39. The van der Waals surface area contributed by atoms with E-state index in [4.69, 9.17) is 18.0 Å². The Kier molecular flexibility index (Phi) is 3.96. The summed E-state index contributed by atoms with van der Waals surface area (Å²) < 4.78 is 27.1. The second-order valence-corrected chi connectivity index (χ2v) is 6.17. The van der Waals surface area contributed by atoms with Crippen LogP contribution in [0.5, 0.6) is 0 Å². The van der Waals surface area contributed by atoms with E-state index in [1.165, 1.54) is 24.8 Å². The zero-order chi connectivity index (χ0) is 14.8. The molecule has 3 N–H and O–H groups in total. The number of aromatic nitrogens is 2. The molecule has 8 heteroatoms. The van der Waals surface area contributed by atoms with Crippen LogP contribution in [-0.4, -0.2) is 23.4 Å². The molecule has 1 aromatic carbocycles. The Labute approximate surface area is 122 Å². The van der Waals surface area contributed by atoms with Crippen LogP contribution in [0.2, 0.25) is 0 Å². The van der Waals surface area contributed by atoms with Gasteiger partial charge in [0.1, 0.15) is 11.3 Å². The Balaban J connectivity index is 2.44. The number of aryl methyl sites for hydroxylation is 1. The predicted molar refractivity (Wildman–Crippen MR) is 79.9 cm³/mol. The van der Waals surface area contributed by atoms with Gasteiger partial charge in [-0.3, -0.25) is 4.72 Å². The molecule has 20 heavy (non-hydrogen) atoms. The van der Waals surface area contributed by atoms with Crippen molar-refractivity contribution in [3.63, 3.8) is 0 Å². The molecule has 2 aromatic rings. The SMILES string of the molecule is Cc1ccc(C(N)=S)cc1S(=O)(=O)Nc1cncnc1. The van der Waals surface area contributed by atoms with Crippen molar-refractivity contribution in [1.82, 2.24) is 9.97 Å². The number of anilines is 1. The van der Waals surface area contributed by atoms with Gasteiger partial charge in [0, 0.05) is 5.56 Å². The van der Waals surface area contributed by atoms with Gasteiger partial charge in [0.2, 0.25) is 0 Å². The Bertz CT molecular complexity index is 745. The van der Waals surface area contributed by atoms with Gasteiger partial charge in [0.05, 0.1) is 23.0 Å². The number of thiocarbonyl (C=S) groups is 1. The van der Waals surface area contributed by atoms with Gasteiger partial charge >= 0.3 is 0 Å². The van der Waals surface area contributed by atoms with Crippen molar-refractivity contribution in [2.75, 3.05) is 4.72 Å². The maximum Gasteiger partial charge on any atom is 0.262 e. The number of benzene rings is 1. The number of nitrogens with zero attached hydrogens (tertiary/aromatic N) is 2. The van der Waals surface area contributed by atoms with Gasteiger partial charge in [-0.1, -0.05) is 24.4 Å². The number of rotatable bonds is 4. The number of sulfonamides is 1. The lowest BCUT2D eigenvalue weighted by molar-refractivity contribution is 0.600. The Morgan fingerprint density at radius 2 is 1.95 bits per heavy atom. The summed E-state index contributed by atoms with van der Waals surface area (Å²) in [5, 5.41) is 0. The van der Waals surface area contributed by atoms with Crippen LogP contribution >= 0.6 is 12.2 Å². The molecule has 0 unspecified atom stereocenters. The quantitative estimate of drug-likeness (QED) is 0.824. The summed E-state index contributed by atoms with van der Waals surface area (Å²) in [5.41, 5.74) is 6.90. The second kappa shape index (κ2) is 5.51. The lowest BCUT2D eigenvalue weighted by Crippen LogP contribution is -2.16. The first-order valence-corrected chi connectivity index (χ1v) is 7.47. The van der Waals surface area contributed by atoms with Gasteiger partial charge in [-0.05, 0) is 18.6 Å². The average molecular weight is 308 g/mol. The fourth-order valence-corrected chi connectivity index (χ4v) is 3.03. The van der Waals surface area contributed by atoms with E-state index >= 15 is 0 Å². The minimum absolute atomic E-state index is 0.117. The molecule has 0 saturated carbocycles. The van der Waals surface area contributed by atoms with Crippen LogP contribution in [0.15, 0.2) is 41.8 Å². The zero-order valence-corrected chi connectivity index (χ0v) is 12.2. The third-order valence-electron chi connectivity index (χ3n) is 2.57. The molecule has 0 spiro atoms. The molecule has 0 fully saturated rings. The monoisotopic (exact) mass is 308 g/mol. The molecule has 0 aliphatic heterocycles. The van der Waals surface area contributed by atoms with E-state index in [0.29, 0.717) is 11.1 Å². The van der Waals surface area contributed by atoms with Gasteiger partial charge in [0.25, 0.3) is 10.0 Å². The maximum atomic E-state index is 12.3. The molecule has 0 amide bonds. The first-order chi connectivity index (χ1) is 9.40. The summed E-state index contributed by atoms with van der Waals surface area (Å²) >= 11 is 4.86. The molecule has 0 bridgehead atoms. The van der Waals surface area contributed by atoms with E-state index in [1.54, 1.807) is 19.1 Å². The van der Waals surface area contributed by atoms with Crippen LogP contribution in [0.1, 0.15) is 11.1 Å². The molecule has 104 valence electrons. The summed E-state index contributed by atoms with van der Waals surface area (Å²) in [7, 11) is -3.75. The van der Waals surface area contributed by atoms with Crippen molar-refractivity contribution in [2.45, 2.75) is 11.8 Å². The Hall–Kier alpha value is -2.06. The van der Waals surface area contributed by atoms with Crippen LogP contribution in [0, 0.1) is 6.92 Å². The standard InChI is InChI=1S/C12H12N4O2S2/c1-8-2-3-9(12(13)19)4-11(8)20(17,18)16-10-5-14-7-15-6-10/h2-7,16H,1H3,(H2,13,19). The van der Waals surface area contributed by atoms with Crippen LogP contribution in [0.4, 0.5) is 5.69 Å². The number of hydrogen-bond acceptors (Lipinski definition) is 5. The van der Waals surface area contributed by atoms with Gasteiger partial charge < -0.3 is 5.73 Å². The molecule has 1 heterocycles. The summed E-state index contributed by atoms with van der Waals surface area (Å²) in [6, 6.07) is 4.79. The highest BCUT2D eigenvalue weighted by atomic mass is 32.2. The lowest BCUT2D eigenvalue weighted by atomic mass is 10.1. The normalized spacial score (nSPS) is 11.1. The van der Waals surface area contributed by atoms with E-state index in [2.05, 4.69) is 14.7 Å². The van der Waals surface area contributed by atoms with Gasteiger partial charge in [-0.25, -0.2) is 18.4 Å². The highest BCUT2D eigenvalue weighted by Gasteiger charge is 2.18. The molecule has 0 radical (unpaired) electrons. The van der Waals surface area contributed by atoms with Crippen LogP contribution in [0.3, 0.4) is 0 Å². The fourth-order valence-electron chi connectivity index (χ4n) is 1.60. The molecule has 0 aliphatic carbocycles. The molecule has 2 rings (SSSR count). The van der Waals surface area contributed by atoms with Crippen LogP contribution in [-0.2, 0) is 10.0 Å². The van der Waals surface area contributed by atoms with E-state index in [1.807, 2.05) is 0 Å². The van der Waals surface area contributed by atoms with Crippen molar-refractivity contribution < 1.29 is 8.42 Å². The fraction of sp³-hybridized carbons (Fsp3) is 0.0833. The number of nitrogens with one attached hydrogen (secondary N) is 1. The topological polar surface area (TPSA) is 98.0 Å². The van der Waals surface area contributed by atoms with Gasteiger partial charge in [-0.15, -0.1) is 0 Å². The highest BCUT2D eigenvalue weighted by Crippen LogP contribution is 2.20. The summed E-state index contributed by atoms with van der Waals surface area (Å²) in [6.07, 6.45) is 4.06. The predicted octanol–water partition coefficient (Wildman–Crippen LogP) is 1.22. The minimum atomic E-state index is -3.75. The summed E-state index contributed by atoms with van der Waals surface area (Å²) in [4.78, 5) is 7.76. The van der Waals surface area contributed by atoms with E-state index in [9.17, 15) is 8.42 Å². The molecule has 1 aromatic heterocycles. The van der Waals surface area contributed by atoms with Crippen molar-refractivity contribution in [1.29, 1.82) is 0 Å². The number of nitrogens with two attached hydrogens (primary N) is 1. The van der Waals surface area contributed by atoms with Crippen LogP contribution in [0.25, 0.3) is 0 Å². The van der Waals surface area contributed by atoms with Crippen molar-refractivity contribution in [2.24, 2.45) is 5.73 Å². The summed E-state index contributed by atoms with van der Waals surface area (Å²) in [6.45, 7) is 1.69. The molecule has 0 saturated heterocycles. The van der Waals surface area contributed by atoms with Crippen LogP contribution < -0.4 is 10.5 Å². The van der Waals surface area contributed by atoms with E-state index in [-0.39, 0.29) is 15.6 Å². The molecule has 6 nitrogen and oxygen atoms in total. The second-order valence-electron chi connectivity index (χ2n) is 4.08. The first kappa shape index (κ1) is 14.4. The molecule has 0 atom stereocenters. The Morgan fingerprint density at radius 1 is 1.30 bits per heavy atom. The first-order valence-electron chi connectivity index (χ1n) is 5.58.